The third-order valence-corrected chi connectivity index (χ3v) is 3.29. The molecule has 6 heteroatoms. The van der Waals surface area contributed by atoms with E-state index in [1.807, 2.05) is 6.07 Å². The van der Waals surface area contributed by atoms with Gasteiger partial charge in [-0.15, -0.1) is 0 Å². The molecule has 0 atom stereocenters. The number of allylic oxidation sites excluding steroid dienone is 1. The number of rotatable bonds is 0. The molecule has 1 heterocycles. The maximum atomic E-state index is 12.5. The van der Waals surface area contributed by atoms with E-state index >= 15 is 0 Å². The zero-order valence-electron chi connectivity index (χ0n) is 8.75. The lowest BCUT2D eigenvalue weighted by Gasteiger charge is -2.24. The first-order valence-corrected chi connectivity index (χ1v) is 5.47. The second-order valence-electron chi connectivity index (χ2n) is 3.50. The van der Waals surface area contributed by atoms with Gasteiger partial charge in [-0.25, -0.2) is 0 Å². The van der Waals surface area contributed by atoms with Crippen LogP contribution in [0.2, 0.25) is 0 Å². The Hall–Kier alpha value is -1.61. The average Bonchev–Trinajstić information content (AvgIpc) is 2.27. The number of nitrogens with zero attached hydrogens (tertiary/aromatic N) is 2. The second-order valence-corrected chi connectivity index (χ2v) is 4.58. The molecule has 0 N–H and O–H groups in total. The zero-order valence-corrected chi connectivity index (χ0v) is 9.56. The topological polar surface area (TPSA) is 27.0 Å². The van der Waals surface area contributed by atoms with E-state index in [-0.39, 0.29) is 0 Å². The fourth-order valence-corrected chi connectivity index (χ4v) is 2.43. The van der Waals surface area contributed by atoms with E-state index in [2.05, 4.69) is 0 Å². The van der Waals surface area contributed by atoms with Crippen LogP contribution < -0.4 is 4.90 Å². The predicted molar refractivity (Wildman–Crippen MR) is 59.4 cm³/mol. The van der Waals surface area contributed by atoms with Crippen molar-refractivity contribution in [3.63, 3.8) is 0 Å². The third kappa shape index (κ3) is 2.24. The van der Waals surface area contributed by atoms with E-state index in [4.69, 9.17) is 5.26 Å². The number of nitriles is 1. The van der Waals surface area contributed by atoms with Gasteiger partial charge in [0.1, 0.15) is 11.0 Å². The summed E-state index contributed by atoms with van der Waals surface area (Å²) in [4.78, 5) is 2.64. The molecule has 0 radical (unpaired) electrons. The minimum atomic E-state index is -4.35. The lowest BCUT2D eigenvalue weighted by Crippen LogP contribution is -2.15. The van der Waals surface area contributed by atoms with Crippen molar-refractivity contribution in [3.8, 4) is 6.07 Å². The van der Waals surface area contributed by atoms with Crippen LogP contribution in [0.5, 0.6) is 0 Å². The zero-order chi connectivity index (χ0) is 12.6. The highest BCUT2D eigenvalue weighted by Gasteiger charge is 2.32. The van der Waals surface area contributed by atoms with E-state index in [0.29, 0.717) is 15.5 Å². The summed E-state index contributed by atoms with van der Waals surface area (Å²) in [5.74, 6) is 0. The van der Waals surface area contributed by atoms with Crippen LogP contribution in [0.4, 0.5) is 18.9 Å². The van der Waals surface area contributed by atoms with Crippen molar-refractivity contribution in [2.24, 2.45) is 0 Å². The van der Waals surface area contributed by atoms with Gasteiger partial charge in [-0.1, -0.05) is 11.8 Å². The van der Waals surface area contributed by atoms with E-state index < -0.39 is 11.7 Å². The molecule has 0 spiro atoms. The monoisotopic (exact) mass is 256 g/mol. The fraction of sp³-hybridized carbons (Fsp3) is 0.182. The summed E-state index contributed by atoms with van der Waals surface area (Å²) < 4.78 is 37.6. The summed E-state index contributed by atoms with van der Waals surface area (Å²) in [5, 5.41) is 8.77. The molecule has 0 saturated carbocycles. The van der Waals surface area contributed by atoms with E-state index in [9.17, 15) is 13.2 Å². The Kier molecular flexibility index (Phi) is 2.79. The van der Waals surface area contributed by atoms with Gasteiger partial charge in [0, 0.05) is 18.1 Å². The van der Waals surface area contributed by atoms with Gasteiger partial charge >= 0.3 is 6.18 Å². The molecule has 1 aliphatic heterocycles. The molecule has 17 heavy (non-hydrogen) atoms. The summed E-state index contributed by atoms with van der Waals surface area (Å²) in [7, 11) is 1.62. The highest BCUT2D eigenvalue weighted by atomic mass is 32.2. The van der Waals surface area contributed by atoms with E-state index in [0.717, 1.165) is 12.1 Å². The molecule has 0 saturated heterocycles. The van der Waals surface area contributed by atoms with Crippen molar-refractivity contribution < 1.29 is 13.2 Å². The molecule has 0 unspecified atom stereocenters. The standard InChI is InChI=1S/C11H7F3N2S/c1-16-6-8(5-15)17-10-3-2-7(4-9(10)16)11(12,13)14/h2-4,6H,1H3. The van der Waals surface area contributed by atoms with Crippen LogP contribution in [0.25, 0.3) is 0 Å². The van der Waals surface area contributed by atoms with E-state index in [1.165, 1.54) is 28.9 Å². The van der Waals surface area contributed by atoms with Gasteiger partial charge < -0.3 is 4.90 Å². The Morgan fingerprint density at radius 3 is 2.65 bits per heavy atom. The molecule has 1 aromatic rings. The SMILES string of the molecule is CN1C=C(C#N)Sc2ccc(C(F)(F)F)cc21. The molecule has 0 aliphatic carbocycles. The van der Waals surface area contributed by atoms with Gasteiger partial charge in [0.15, 0.2) is 0 Å². The van der Waals surface area contributed by atoms with Crippen LogP contribution in [0, 0.1) is 11.3 Å². The molecule has 0 amide bonds. The first-order chi connectivity index (χ1) is 7.91. The van der Waals surface area contributed by atoms with Gasteiger partial charge in [0.25, 0.3) is 0 Å². The number of anilines is 1. The largest absolute Gasteiger partial charge is 0.416 e. The van der Waals surface area contributed by atoms with Gasteiger partial charge in [-0.05, 0) is 18.2 Å². The van der Waals surface area contributed by atoms with Crippen molar-refractivity contribution in [2.45, 2.75) is 11.1 Å². The minimum absolute atomic E-state index is 0.458. The third-order valence-electron chi connectivity index (χ3n) is 2.31. The summed E-state index contributed by atoms with van der Waals surface area (Å²) in [6.07, 6.45) is -2.83. The summed E-state index contributed by atoms with van der Waals surface area (Å²) in [6, 6.07) is 5.49. The molecule has 2 nitrogen and oxygen atoms in total. The van der Waals surface area contributed by atoms with Crippen LogP contribution >= 0.6 is 11.8 Å². The molecule has 0 bridgehead atoms. The number of hydrogen-bond acceptors (Lipinski definition) is 3. The Bertz CT molecular complexity index is 528. The molecular formula is C11H7F3N2S. The van der Waals surface area contributed by atoms with Crippen molar-refractivity contribution in [1.29, 1.82) is 5.26 Å². The van der Waals surface area contributed by atoms with Gasteiger partial charge in [-0.3, -0.25) is 0 Å². The number of fused-ring (bicyclic) bond motifs is 1. The van der Waals surface area contributed by atoms with Crippen molar-refractivity contribution >= 4 is 17.4 Å². The molecule has 88 valence electrons. The Balaban J connectivity index is 2.46. The Morgan fingerprint density at radius 1 is 1.35 bits per heavy atom. The number of alkyl halides is 3. The number of thioether (sulfide) groups is 1. The van der Waals surface area contributed by atoms with Crippen LogP contribution in [-0.2, 0) is 6.18 Å². The highest BCUT2D eigenvalue weighted by Crippen LogP contribution is 2.42. The lowest BCUT2D eigenvalue weighted by atomic mass is 10.2. The Morgan fingerprint density at radius 2 is 2.06 bits per heavy atom. The lowest BCUT2D eigenvalue weighted by molar-refractivity contribution is -0.137. The van der Waals surface area contributed by atoms with E-state index in [1.54, 1.807) is 7.05 Å². The van der Waals surface area contributed by atoms with Crippen molar-refractivity contribution in [1.82, 2.24) is 0 Å². The fourth-order valence-electron chi connectivity index (χ4n) is 1.50. The predicted octanol–water partition coefficient (Wildman–Crippen LogP) is 3.61. The highest BCUT2D eigenvalue weighted by molar-refractivity contribution is 8.03. The van der Waals surface area contributed by atoms with Gasteiger partial charge in [0.2, 0.25) is 0 Å². The molecule has 0 aromatic heterocycles. The maximum absolute atomic E-state index is 12.5. The molecule has 2 rings (SSSR count). The maximum Gasteiger partial charge on any atom is 0.416 e. The minimum Gasteiger partial charge on any atom is -0.348 e. The van der Waals surface area contributed by atoms with Crippen LogP contribution in [0.15, 0.2) is 34.2 Å². The average molecular weight is 256 g/mol. The smallest absolute Gasteiger partial charge is 0.348 e. The molecule has 1 aromatic carbocycles. The second kappa shape index (κ2) is 4.00. The summed E-state index contributed by atoms with van der Waals surface area (Å²) in [5.41, 5.74) is -0.221. The van der Waals surface area contributed by atoms with Gasteiger partial charge in [-0.2, -0.15) is 18.4 Å². The number of benzene rings is 1. The number of hydrogen-bond donors (Lipinski definition) is 0. The summed E-state index contributed by atoms with van der Waals surface area (Å²) >= 11 is 1.17. The molecule has 0 fully saturated rings. The Labute approximate surface area is 100 Å². The van der Waals surface area contributed by atoms with Crippen LogP contribution in [-0.4, -0.2) is 7.05 Å². The van der Waals surface area contributed by atoms with Gasteiger partial charge in [0.05, 0.1) is 11.3 Å². The van der Waals surface area contributed by atoms with Crippen molar-refractivity contribution in [3.05, 3.63) is 34.9 Å². The van der Waals surface area contributed by atoms with Crippen LogP contribution in [0.3, 0.4) is 0 Å². The van der Waals surface area contributed by atoms with Crippen molar-refractivity contribution in [2.75, 3.05) is 11.9 Å². The normalized spacial score (nSPS) is 15.0. The first-order valence-electron chi connectivity index (χ1n) is 4.65. The first kappa shape index (κ1) is 11.9. The van der Waals surface area contributed by atoms with Crippen LogP contribution in [0.1, 0.15) is 5.56 Å². The number of halogens is 3. The molecular weight excluding hydrogens is 249 g/mol. The summed E-state index contributed by atoms with van der Waals surface area (Å²) in [6.45, 7) is 0. The quantitative estimate of drug-likeness (QED) is 0.709. The molecule has 1 aliphatic rings.